The van der Waals surface area contributed by atoms with Gasteiger partial charge < -0.3 is 5.32 Å². The van der Waals surface area contributed by atoms with E-state index in [1.165, 1.54) is 18.5 Å². The molecule has 0 aromatic heterocycles. The van der Waals surface area contributed by atoms with Gasteiger partial charge in [0.1, 0.15) is 0 Å². The molecule has 0 aliphatic carbocycles. The van der Waals surface area contributed by atoms with E-state index in [2.05, 4.69) is 36.3 Å². The summed E-state index contributed by atoms with van der Waals surface area (Å²) in [6.45, 7) is 5.68. The van der Waals surface area contributed by atoms with E-state index in [1.807, 2.05) is 12.1 Å². The minimum absolute atomic E-state index is 0.379. The van der Waals surface area contributed by atoms with Gasteiger partial charge >= 0.3 is 0 Å². The molecule has 1 N–H and O–H groups in total. The van der Waals surface area contributed by atoms with Crippen LogP contribution in [0.3, 0.4) is 0 Å². The summed E-state index contributed by atoms with van der Waals surface area (Å²) in [6, 6.07) is 8.51. The van der Waals surface area contributed by atoms with Gasteiger partial charge in [0, 0.05) is 17.6 Å². The smallest absolute Gasteiger partial charge is 0.0453 e. The van der Waals surface area contributed by atoms with Crippen molar-refractivity contribution in [3.05, 3.63) is 34.9 Å². The molecule has 1 aliphatic heterocycles. The summed E-state index contributed by atoms with van der Waals surface area (Å²) in [6.07, 6.45) is 1.29. The van der Waals surface area contributed by atoms with Crippen LogP contribution in [-0.4, -0.2) is 31.6 Å². The first kappa shape index (κ1) is 12.9. The van der Waals surface area contributed by atoms with Crippen LogP contribution in [-0.2, 0) is 0 Å². The van der Waals surface area contributed by atoms with E-state index < -0.39 is 0 Å². The van der Waals surface area contributed by atoms with E-state index in [0.717, 1.165) is 24.0 Å². The molecule has 2 rings (SSSR count). The van der Waals surface area contributed by atoms with E-state index >= 15 is 0 Å². The van der Waals surface area contributed by atoms with Crippen LogP contribution in [0.25, 0.3) is 0 Å². The van der Waals surface area contributed by atoms with Gasteiger partial charge in [-0.25, -0.2) is 0 Å². The Morgan fingerprint density at radius 3 is 2.88 bits per heavy atom. The minimum atomic E-state index is 0.379. The van der Waals surface area contributed by atoms with Crippen LogP contribution in [0.2, 0.25) is 5.02 Å². The van der Waals surface area contributed by atoms with Crippen LogP contribution in [0.4, 0.5) is 0 Å². The second-order valence-corrected chi connectivity index (χ2v) is 5.40. The molecule has 3 heteroatoms. The van der Waals surface area contributed by atoms with Crippen LogP contribution in [0.15, 0.2) is 24.3 Å². The van der Waals surface area contributed by atoms with Gasteiger partial charge in [-0.15, -0.1) is 0 Å². The first-order valence-corrected chi connectivity index (χ1v) is 6.71. The van der Waals surface area contributed by atoms with E-state index in [1.54, 1.807) is 0 Å². The van der Waals surface area contributed by atoms with Gasteiger partial charge in [-0.1, -0.05) is 29.8 Å². The summed E-state index contributed by atoms with van der Waals surface area (Å²) >= 11 is 6.24. The lowest BCUT2D eigenvalue weighted by molar-refractivity contribution is 0.226. The molecule has 0 saturated carbocycles. The summed E-state index contributed by atoms with van der Waals surface area (Å²) in [5.74, 6) is 0.782. The molecule has 1 heterocycles. The highest BCUT2D eigenvalue weighted by atomic mass is 35.5. The third kappa shape index (κ3) is 3.21. The van der Waals surface area contributed by atoms with E-state index in [-0.39, 0.29) is 0 Å². The maximum absolute atomic E-state index is 6.24. The predicted molar refractivity (Wildman–Crippen MR) is 73.5 cm³/mol. The summed E-state index contributed by atoms with van der Waals surface area (Å²) in [7, 11) is 2.19. The number of nitrogens with one attached hydrogen (secondary N) is 1. The quantitative estimate of drug-likeness (QED) is 0.887. The molecule has 1 aromatic carbocycles. The molecule has 17 heavy (non-hydrogen) atoms. The molecule has 0 spiro atoms. The fourth-order valence-corrected chi connectivity index (χ4v) is 2.78. The third-order valence-electron chi connectivity index (χ3n) is 3.73. The molecule has 0 bridgehead atoms. The molecule has 1 saturated heterocycles. The number of hydrogen-bond donors (Lipinski definition) is 1. The zero-order chi connectivity index (χ0) is 12.3. The van der Waals surface area contributed by atoms with Gasteiger partial charge in [0.2, 0.25) is 0 Å². The highest BCUT2D eigenvalue weighted by molar-refractivity contribution is 6.31. The van der Waals surface area contributed by atoms with Crippen LogP contribution in [0, 0.1) is 5.92 Å². The summed E-state index contributed by atoms with van der Waals surface area (Å²) < 4.78 is 0. The maximum Gasteiger partial charge on any atom is 0.0453 e. The number of halogens is 1. The van der Waals surface area contributed by atoms with Gasteiger partial charge in [-0.3, -0.25) is 4.90 Å². The van der Waals surface area contributed by atoms with Gasteiger partial charge in [-0.2, -0.15) is 0 Å². The molecule has 0 radical (unpaired) electrons. The average molecular weight is 253 g/mol. The lowest BCUT2D eigenvalue weighted by Gasteiger charge is -2.28. The Hall–Kier alpha value is -0.570. The maximum atomic E-state index is 6.24. The van der Waals surface area contributed by atoms with Crippen LogP contribution >= 0.6 is 11.6 Å². The Bertz CT molecular complexity index is 361. The molecule has 2 atom stereocenters. The Morgan fingerprint density at radius 1 is 1.47 bits per heavy atom. The molecular formula is C14H21ClN2. The standard InChI is InChI=1S/C14H21ClN2/c1-11(13-5-3-4-6-14(13)15)17(2)10-12-7-8-16-9-12/h3-6,11-12,16H,7-10H2,1-2H3. The Morgan fingerprint density at radius 2 is 2.24 bits per heavy atom. The topological polar surface area (TPSA) is 15.3 Å². The van der Waals surface area contributed by atoms with Crippen molar-refractivity contribution in [3.8, 4) is 0 Å². The lowest BCUT2D eigenvalue weighted by Crippen LogP contribution is -2.29. The Labute approximate surface area is 109 Å². The largest absolute Gasteiger partial charge is 0.316 e. The van der Waals surface area contributed by atoms with Gasteiger partial charge in [0.05, 0.1) is 0 Å². The molecule has 2 nitrogen and oxygen atoms in total. The van der Waals surface area contributed by atoms with Crippen molar-refractivity contribution < 1.29 is 0 Å². The monoisotopic (exact) mass is 252 g/mol. The molecule has 1 aromatic rings. The van der Waals surface area contributed by atoms with Crippen molar-refractivity contribution in [1.29, 1.82) is 0 Å². The number of nitrogens with zero attached hydrogens (tertiary/aromatic N) is 1. The number of benzene rings is 1. The third-order valence-corrected chi connectivity index (χ3v) is 4.07. The summed E-state index contributed by atoms with van der Waals surface area (Å²) in [5.41, 5.74) is 1.22. The normalized spacial score (nSPS) is 22.0. The molecule has 0 amide bonds. The second-order valence-electron chi connectivity index (χ2n) is 5.00. The van der Waals surface area contributed by atoms with Crippen LogP contribution in [0.1, 0.15) is 24.9 Å². The summed E-state index contributed by atoms with van der Waals surface area (Å²) in [4.78, 5) is 2.40. The molecule has 1 aliphatic rings. The van der Waals surface area contributed by atoms with E-state index in [9.17, 15) is 0 Å². The van der Waals surface area contributed by atoms with Gasteiger partial charge in [0.25, 0.3) is 0 Å². The number of hydrogen-bond acceptors (Lipinski definition) is 2. The molecule has 2 unspecified atom stereocenters. The molecule has 94 valence electrons. The zero-order valence-electron chi connectivity index (χ0n) is 10.6. The minimum Gasteiger partial charge on any atom is -0.316 e. The fraction of sp³-hybridized carbons (Fsp3) is 0.571. The fourth-order valence-electron chi connectivity index (χ4n) is 2.49. The first-order chi connectivity index (χ1) is 8.18. The number of rotatable bonds is 4. The molecule has 1 fully saturated rings. The van der Waals surface area contributed by atoms with Crippen molar-refractivity contribution in [1.82, 2.24) is 10.2 Å². The second kappa shape index (κ2) is 5.85. The predicted octanol–water partition coefficient (Wildman–Crippen LogP) is 2.94. The van der Waals surface area contributed by atoms with E-state index in [0.29, 0.717) is 6.04 Å². The molecular weight excluding hydrogens is 232 g/mol. The van der Waals surface area contributed by atoms with Crippen molar-refractivity contribution in [3.63, 3.8) is 0 Å². The van der Waals surface area contributed by atoms with Gasteiger partial charge in [-0.05, 0) is 51.0 Å². The van der Waals surface area contributed by atoms with E-state index in [4.69, 9.17) is 11.6 Å². The van der Waals surface area contributed by atoms with Crippen molar-refractivity contribution >= 4 is 11.6 Å². The lowest BCUT2D eigenvalue weighted by atomic mass is 10.0. The highest BCUT2D eigenvalue weighted by Gasteiger charge is 2.20. The highest BCUT2D eigenvalue weighted by Crippen LogP contribution is 2.27. The van der Waals surface area contributed by atoms with Crippen LogP contribution < -0.4 is 5.32 Å². The van der Waals surface area contributed by atoms with Crippen molar-refractivity contribution in [2.45, 2.75) is 19.4 Å². The van der Waals surface area contributed by atoms with Gasteiger partial charge in [0.15, 0.2) is 0 Å². The average Bonchev–Trinajstić information content (AvgIpc) is 2.81. The first-order valence-electron chi connectivity index (χ1n) is 6.34. The summed E-state index contributed by atoms with van der Waals surface area (Å²) in [5, 5.41) is 4.29. The zero-order valence-corrected chi connectivity index (χ0v) is 11.4. The Kier molecular flexibility index (Phi) is 4.43. The Balaban J connectivity index is 1.98. The van der Waals surface area contributed by atoms with Crippen LogP contribution in [0.5, 0.6) is 0 Å². The van der Waals surface area contributed by atoms with Crippen molar-refractivity contribution in [2.75, 3.05) is 26.7 Å². The van der Waals surface area contributed by atoms with Crippen molar-refractivity contribution in [2.24, 2.45) is 5.92 Å². The SMILES string of the molecule is CC(c1ccccc1Cl)N(C)CC1CCNC1.